The summed E-state index contributed by atoms with van der Waals surface area (Å²) >= 11 is 0. The van der Waals surface area contributed by atoms with E-state index in [2.05, 4.69) is 4.98 Å². The molecule has 3 heterocycles. The zero-order valence-corrected chi connectivity index (χ0v) is 12.6. The van der Waals surface area contributed by atoms with Gasteiger partial charge in [0.2, 0.25) is 5.91 Å². The second-order valence-electron chi connectivity index (χ2n) is 6.32. The first kappa shape index (κ1) is 13.8. The van der Waals surface area contributed by atoms with Crippen LogP contribution in [0.3, 0.4) is 0 Å². The molecule has 22 heavy (non-hydrogen) atoms. The third-order valence-corrected chi connectivity index (χ3v) is 4.81. The first-order chi connectivity index (χ1) is 10.8. The van der Waals surface area contributed by atoms with Crippen molar-refractivity contribution in [2.45, 2.75) is 25.2 Å². The number of benzene rings is 1. The van der Waals surface area contributed by atoms with Crippen molar-refractivity contribution in [1.29, 1.82) is 0 Å². The van der Waals surface area contributed by atoms with E-state index in [1.165, 1.54) is 0 Å². The molecule has 2 atom stereocenters. The number of aromatic nitrogens is 2. The summed E-state index contributed by atoms with van der Waals surface area (Å²) in [6.07, 6.45) is 3.00. The minimum absolute atomic E-state index is 0.0643. The highest BCUT2D eigenvalue weighted by Gasteiger charge is 2.32. The van der Waals surface area contributed by atoms with Gasteiger partial charge in [-0.15, -0.1) is 0 Å². The van der Waals surface area contributed by atoms with Gasteiger partial charge in [-0.25, -0.2) is 4.98 Å². The van der Waals surface area contributed by atoms with E-state index in [0.29, 0.717) is 12.5 Å². The Morgan fingerprint density at radius 1 is 1.32 bits per heavy atom. The number of rotatable bonds is 2. The normalized spacial score (nSPS) is 25.7. The van der Waals surface area contributed by atoms with Crippen LogP contribution in [0, 0.1) is 5.92 Å². The van der Waals surface area contributed by atoms with E-state index in [-0.39, 0.29) is 11.8 Å². The van der Waals surface area contributed by atoms with Gasteiger partial charge in [-0.05, 0) is 31.4 Å². The Bertz CT molecular complexity index is 642. The van der Waals surface area contributed by atoms with Gasteiger partial charge in [0.1, 0.15) is 5.82 Å². The molecule has 1 aromatic heterocycles. The number of likely N-dealkylation sites (tertiary alicyclic amines) is 1. The second-order valence-corrected chi connectivity index (χ2v) is 6.32. The number of imidazole rings is 1. The van der Waals surface area contributed by atoms with Gasteiger partial charge in [0, 0.05) is 25.6 Å². The van der Waals surface area contributed by atoms with Crippen molar-refractivity contribution >= 4 is 16.9 Å². The van der Waals surface area contributed by atoms with Crippen LogP contribution in [0.25, 0.3) is 11.0 Å². The SMILES string of the molecule is O=C([C@H]1CCOC1)N1CCC[C@H](c2nc3ccccc3[nH]2)C1. The molecular formula is C17H21N3O2. The molecule has 2 aromatic rings. The first-order valence-corrected chi connectivity index (χ1v) is 8.12. The molecule has 0 aliphatic carbocycles. The van der Waals surface area contributed by atoms with Crippen LogP contribution in [0.4, 0.5) is 0 Å². The number of carbonyl (C=O) groups excluding carboxylic acids is 1. The summed E-state index contributed by atoms with van der Waals surface area (Å²) in [5.74, 6) is 1.65. The standard InChI is InChI=1S/C17H21N3O2/c21-17(13-7-9-22-11-13)20-8-3-4-12(10-20)16-18-14-5-1-2-6-15(14)19-16/h1-2,5-6,12-13H,3-4,7-11H2,(H,18,19)/t12-,13-/m0/s1. The molecule has 0 saturated carbocycles. The molecule has 1 N–H and O–H groups in total. The molecule has 2 aliphatic heterocycles. The van der Waals surface area contributed by atoms with Gasteiger partial charge in [-0.3, -0.25) is 4.79 Å². The Morgan fingerprint density at radius 3 is 3.05 bits per heavy atom. The number of piperidine rings is 1. The Hall–Kier alpha value is -1.88. The van der Waals surface area contributed by atoms with Crippen LogP contribution in [0.5, 0.6) is 0 Å². The fourth-order valence-corrected chi connectivity index (χ4v) is 3.55. The zero-order chi connectivity index (χ0) is 14.9. The number of para-hydroxylation sites is 2. The van der Waals surface area contributed by atoms with E-state index in [4.69, 9.17) is 9.72 Å². The highest BCUT2D eigenvalue weighted by molar-refractivity contribution is 5.79. The summed E-state index contributed by atoms with van der Waals surface area (Å²) in [5, 5.41) is 0. The van der Waals surface area contributed by atoms with Gasteiger partial charge in [0.15, 0.2) is 0 Å². The minimum atomic E-state index is 0.0643. The number of H-pyrrole nitrogens is 1. The molecule has 5 nitrogen and oxygen atoms in total. The molecule has 0 unspecified atom stereocenters. The zero-order valence-electron chi connectivity index (χ0n) is 12.6. The number of ether oxygens (including phenoxy) is 1. The number of carbonyl (C=O) groups is 1. The molecule has 1 aromatic carbocycles. The van der Waals surface area contributed by atoms with Crippen molar-refractivity contribution < 1.29 is 9.53 Å². The van der Waals surface area contributed by atoms with Crippen LogP contribution < -0.4 is 0 Å². The molecular weight excluding hydrogens is 278 g/mol. The topological polar surface area (TPSA) is 58.2 Å². The Morgan fingerprint density at radius 2 is 2.23 bits per heavy atom. The van der Waals surface area contributed by atoms with Crippen molar-refractivity contribution in [3.05, 3.63) is 30.1 Å². The Labute approximate surface area is 129 Å². The molecule has 2 fully saturated rings. The van der Waals surface area contributed by atoms with Crippen molar-refractivity contribution in [3.8, 4) is 0 Å². The maximum absolute atomic E-state index is 12.6. The van der Waals surface area contributed by atoms with E-state index in [1.54, 1.807) is 0 Å². The number of hydrogen-bond donors (Lipinski definition) is 1. The lowest BCUT2D eigenvalue weighted by Gasteiger charge is -2.33. The summed E-state index contributed by atoms with van der Waals surface area (Å²) in [6, 6.07) is 8.09. The van der Waals surface area contributed by atoms with Crippen LogP contribution in [0.2, 0.25) is 0 Å². The maximum atomic E-state index is 12.6. The summed E-state index contributed by atoms with van der Waals surface area (Å²) < 4.78 is 5.35. The second kappa shape index (κ2) is 5.72. The van der Waals surface area contributed by atoms with E-state index in [1.807, 2.05) is 29.2 Å². The molecule has 0 radical (unpaired) electrons. The van der Waals surface area contributed by atoms with Crippen LogP contribution in [0.1, 0.15) is 31.0 Å². The number of amides is 1. The molecule has 2 aliphatic rings. The first-order valence-electron chi connectivity index (χ1n) is 8.12. The average molecular weight is 299 g/mol. The number of nitrogens with one attached hydrogen (secondary N) is 1. The molecule has 0 spiro atoms. The number of aromatic amines is 1. The van der Waals surface area contributed by atoms with Gasteiger partial charge in [-0.1, -0.05) is 12.1 Å². The highest BCUT2D eigenvalue weighted by atomic mass is 16.5. The predicted octanol–water partition coefficient (Wildman–Crippen LogP) is 2.31. The minimum Gasteiger partial charge on any atom is -0.381 e. The molecule has 4 rings (SSSR count). The van der Waals surface area contributed by atoms with Gasteiger partial charge < -0.3 is 14.6 Å². The lowest BCUT2D eigenvalue weighted by Crippen LogP contribution is -2.42. The molecule has 1 amide bonds. The van der Waals surface area contributed by atoms with Crippen LogP contribution in [-0.2, 0) is 9.53 Å². The van der Waals surface area contributed by atoms with E-state index in [0.717, 1.165) is 55.8 Å². The quantitative estimate of drug-likeness (QED) is 0.925. The lowest BCUT2D eigenvalue weighted by atomic mass is 9.95. The van der Waals surface area contributed by atoms with Gasteiger partial charge >= 0.3 is 0 Å². The van der Waals surface area contributed by atoms with Crippen molar-refractivity contribution in [2.75, 3.05) is 26.3 Å². The fraction of sp³-hybridized carbons (Fsp3) is 0.529. The Kier molecular flexibility index (Phi) is 3.58. The number of fused-ring (bicyclic) bond motifs is 1. The highest BCUT2D eigenvalue weighted by Crippen LogP contribution is 2.28. The lowest BCUT2D eigenvalue weighted by molar-refractivity contribution is -0.136. The summed E-state index contributed by atoms with van der Waals surface area (Å²) in [6.45, 7) is 2.95. The summed E-state index contributed by atoms with van der Waals surface area (Å²) in [4.78, 5) is 22.7. The summed E-state index contributed by atoms with van der Waals surface area (Å²) in [7, 11) is 0. The van der Waals surface area contributed by atoms with Crippen LogP contribution >= 0.6 is 0 Å². The molecule has 2 saturated heterocycles. The third kappa shape index (κ3) is 2.50. The van der Waals surface area contributed by atoms with Crippen molar-refractivity contribution in [3.63, 3.8) is 0 Å². The van der Waals surface area contributed by atoms with Gasteiger partial charge in [-0.2, -0.15) is 0 Å². The molecule has 0 bridgehead atoms. The van der Waals surface area contributed by atoms with E-state index in [9.17, 15) is 4.79 Å². The largest absolute Gasteiger partial charge is 0.381 e. The molecule has 116 valence electrons. The van der Waals surface area contributed by atoms with E-state index < -0.39 is 0 Å². The van der Waals surface area contributed by atoms with Gasteiger partial charge in [0.05, 0.1) is 23.6 Å². The predicted molar refractivity (Wildman–Crippen MR) is 83.6 cm³/mol. The fourth-order valence-electron chi connectivity index (χ4n) is 3.55. The Balaban J connectivity index is 1.51. The number of hydrogen-bond acceptors (Lipinski definition) is 3. The van der Waals surface area contributed by atoms with Crippen LogP contribution in [0.15, 0.2) is 24.3 Å². The van der Waals surface area contributed by atoms with Crippen LogP contribution in [-0.4, -0.2) is 47.1 Å². The molecule has 5 heteroatoms. The summed E-state index contributed by atoms with van der Waals surface area (Å²) in [5.41, 5.74) is 2.08. The third-order valence-electron chi connectivity index (χ3n) is 4.81. The van der Waals surface area contributed by atoms with Gasteiger partial charge in [0.25, 0.3) is 0 Å². The number of nitrogens with zero attached hydrogens (tertiary/aromatic N) is 2. The monoisotopic (exact) mass is 299 g/mol. The van der Waals surface area contributed by atoms with Crippen molar-refractivity contribution in [1.82, 2.24) is 14.9 Å². The average Bonchev–Trinajstić information content (AvgIpc) is 3.23. The van der Waals surface area contributed by atoms with E-state index >= 15 is 0 Å². The smallest absolute Gasteiger partial charge is 0.228 e. The van der Waals surface area contributed by atoms with Crippen molar-refractivity contribution in [2.24, 2.45) is 5.92 Å². The maximum Gasteiger partial charge on any atom is 0.228 e.